The lowest BCUT2D eigenvalue weighted by atomic mass is 10.1. The molecule has 0 aliphatic carbocycles. The Kier molecular flexibility index (Phi) is 10.0. The second-order valence-corrected chi connectivity index (χ2v) is 8.15. The minimum Gasteiger partial charge on any atom is -0.357 e. The Morgan fingerprint density at radius 2 is 1.77 bits per heavy atom. The molecule has 0 spiro atoms. The van der Waals surface area contributed by atoms with E-state index in [2.05, 4.69) is 15.6 Å². The molecule has 2 N–H and O–H groups in total. The summed E-state index contributed by atoms with van der Waals surface area (Å²) in [7, 11) is -3.84. The average molecular weight is 559 g/mol. The van der Waals surface area contributed by atoms with E-state index in [1.165, 1.54) is 30.3 Å². The first-order chi connectivity index (χ1) is 13.6. The molecule has 2 aromatic carbocycles. The van der Waals surface area contributed by atoms with Crippen LogP contribution < -0.4 is 10.6 Å². The van der Waals surface area contributed by atoms with E-state index in [4.69, 9.17) is 0 Å². The van der Waals surface area contributed by atoms with Crippen molar-refractivity contribution in [2.45, 2.75) is 24.5 Å². The van der Waals surface area contributed by atoms with Crippen LogP contribution in [-0.4, -0.2) is 33.2 Å². The molecule has 2 rings (SSSR count). The van der Waals surface area contributed by atoms with Gasteiger partial charge < -0.3 is 10.6 Å². The van der Waals surface area contributed by atoms with Gasteiger partial charge >= 0.3 is 6.18 Å². The number of benzene rings is 2. The molecule has 0 radical (unpaired) electrons. The quantitative estimate of drug-likeness (QED) is 0.233. The zero-order valence-corrected chi connectivity index (χ0v) is 19.2. The Morgan fingerprint density at radius 3 is 2.40 bits per heavy atom. The topological polar surface area (TPSA) is 70.6 Å². The van der Waals surface area contributed by atoms with Crippen LogP contribution in [0.5, 0.6) is 0 Å². The maximum absolute atomic E-state index is 13.7. The molecule has 0 saturated carbocycles. The van der Waals surface area contributed by atoms with Crippen LogP contribution in [-0.2, 0) is 22.6 Å². The summed E-state index contributed by atoms with van der Waals surface area (Å²) < 4.78 is 76.6. The number of guanidine groups is 1. The van der Waals surface area contributed by atoms with Crippen molar-refractivity contribution in [3.63, 3.8) is 0 Å². The maximum atomic E-state index is 13.7. The molecule has 166 valence electrons. The average Bonchev–Trinajstić information content (AvgIpc) is 2.66. The van der Waals surface area contributed by atoms with Gasteiger partial charge in [0, 0.05) is 13.1 Å². The van der Waals surface area contributed by atoms with Crippen molar-refractivity contribution in [3.05, 3.63) is 65.5 Å². The standard InChI is InChI=1S/C19H21F4N3O2S.HI/c1-2-24-18(26-13-14-6-5-7-15(12-14)19(21,22)23)25-10-11-29(27,28)17-9-4-3-8-16(17)20;/h3-9,12H,2,10-11,13H2,1H3,(H2,24,25,26);1H. The van der Waals surface area contributed by atoms with Crippen LogP contribution in [0.3, 0.4) is 0 Å². The molecular formula is C19H22F4IN3O2S. The number of halogens is 5. The number of rotatable bonds is 7. The number of alkyl halides is 3. The normalized spacial score (nSPS) is 12.2. The Morgan fingerprint density at radius 1 is 1.07 bits per heavy atom. The number of nitrogens with zero attached hydrogens (tertiary/aromatic N) is 1. The summed E-state index contributed by atoms with van der Waals surface area (Å²) in [5.41, 5.74) is -0.407. The molecular weight excluding hydrogens is 537 g/mol. The van der Waals surface area contributed by atoms with Crippen LogP contribution in [0, 0.1) is 5.82 Å². The molecule has 0 heterocycles. The summed E-state index contributed by atoms with van der Waals surface area (Å²) in [6, 6.07) is 9.90. The highest BCUT2D eigenvalue weighted by molar-refractivity contribution is 14.0. The molecule has 0 unspecified atom stereocenters. The van der Waals surface area contributed by atoms with Gasteiger partial charge in [-0.05, 0) is 36.8 Å². The smallest absolute Gasteiger partial charge is 0.357 e. The summed E-state index contributed by atoms with van der Waals surface area (Å²) in [5.74, 6) is -0.951. The second kappa shape index (κ2) is 11.5. The van der Waals surface area contributed by atoms with Crippen LogP contribution in [0.1, 0.15) is 18.1 Å². The van der Waals surface area contributed by atoms with Gasteiger partial charge in [-0.25, -0.2) is 17.8 Å². The summed E-state index contributed by atoms with van der Waals surface area (Å²) in [6.07, 6.45) is -4.44. The molecule has 0 saturated heterocycles. The van der Waals surface area contributed by atoms with Crippen molar-refractivity contribution >= 4 is 39.8 Å². The third-order valence-electron chi connectivity index (χ3n) is 3.85. The first kappa shape index (κ1) is 26.1. The number of sulfone groups is 1. The lowest BCUT2D eigenvalue weighted by molar-refractivity contribution is -0.137. The molecule has 30 heavy (non-hydrogen) atoms. The van der Waals surface area contributed by atoms with E-state index in [1.807, 2.05) is 0 Å². The molecule has 5 nitrogen and oxygen atoms in total. The van der Waals surface area contributed by atoms with E-state index < -0.39 is 27.4 Å². The molecule has 0 fully saturated rings. The highest BCUT2D eigenvalue weighted by atomic mass is 127. The van der Waals surface area contributed by atoms with Gasteiger partial charge in [-0.15, -0.1) is 24.0 Å². The van der Waals surface area contributed by atoms with E-state index in [1.54, 1.807) is 6.92 Å². The highest BCUT2D eigenvalue weighted by Gasteiger charge is 2.30. The highest BCUT2D eigenvalue weighted by Crippen LogP contribution is 2.29. The van der Waals surface area contributed by atoms with E-state index >= 15 is 0 Å². The molecule has 0 aliphatic heterocycles. The molecule has 2 aromatic rings. The van der Waals surface area contributed by atoms with Crippen molar-refractivity contribution in [1.82, 2.24) is 10.6 Å². The van der Waals surface area contributed by atoms with Gasteiger partial charge in [-0.3, -0.25) is 0 Å². The van der Waals surface area contributed by atoms with Gasteiger partial charge in [0.1, 0.15) is 10.7 Å². The van der Waals surface area contributed by atoms with Gasteiger partial charge in [0.05, 0.1) is 17.9 Å². The summed E-state index contributed by atoms with van der Waals surface area (Å²) in [5, 5.41) is 5.68. The van der Waals surface area contributed by atoms with E-state index in [9.17, 15) is 26.0 Å². The van der Waals surface area contributed by atoms with Gasteiger partial charge in [0.15, 0.2) is 15.8 Å². The number of hydrogen-bond donors (Lipinski definition) is 2. The zero-order chi connectivity index (χ0) is 21.5. The van der Waals surface area contributed by atoms with Crippen molar-refractivity contribution in [1.29, 1.82) is 0 Å². The van der Waals surface area contributed by atoms with Gasteiger partial charge in [0.2, 0.25) is 0 Å². The van der Waals surface area contributed by atoms with Crippen LogP contribution >= 0.6 is 24.0 Å². The molecule has 0 amide bonds. The molecule has 0 bridgehead atoms. The molecule has 0 aliphatic rings. The van der Waals surface area contributed by atoms with Gasteiger partial charge in [-0.1, -0.05) is 24.3 Å². The molecule has 11 heteroatoms. The first-order valence-corrected chi connectivity index (χ1v) is 10.4. The second-order valence-electron chi connectivity index (χ2n) is 6.07. The molecule has 0 atom stereocenters. The Balaban J connectivity index is 0.00000450. The van der Waals surface area contributed by atoms with E-state index in [-0.39, 0.29) is 53.7 Å². The fourth-order valence-corrected chi connectivity index (χ4v) is 3.71. The number of hydrogen-bond acceptors (Lipinski definition) is 3. The van der Waals surface area contributed by atoms with Crippen LogP contribution in [0.25, 0.3) is 0 Å². The minimum atomic E-state index is -4.44. The third-order valence-corrected chi connectivity index (χ3v) is 5.60. The van der Waals surface area contributed by atoms with Crippen LogP contribution in [0.15, 0.2) is 58.4 Å². The number of aliphatic imine (C=N–C) groups is 1. The predicted octanol–water partition coefficient (Wildman–Crippen LogP) is 3.99. The summed E-state index contributed by atoms with van der Waals surface area (Å²) >= 11 is 0. The van der Waals surface area contributed by atoms with Crippen LogP contribution in [0.4, 0.5) is 17.6 Å². The van der Waals surface area contributed by atoms with E-state index in [0.717, 1.165) is 18.2 Å². The monoisotopic (exact) mass is 559 g/mol. The first-order valence-electron chi connectivity index (χ1n) is 8.79. The minimum absolute atomic E-state index is 0. The Bertz CT molecular complexity index is 966. The van der Waals surface area contributed by atoms with Crippen molar-refractivity contribution < 1.29 is 26.0 Å². The SMILES string of the molecule is CCNC(=NCc1cccc(C(F)(F)F)c1)NCCS(=O)(=O)c1ccccc1F.I. The lowest BCUT2D eigenvalue weighted by Crippen LogP contribution is -2.39. The van der Waals surface area contributed by atoms with E-state index in [0.29, 0.717) is 12.1 Å². The van der Waals surface area contributed by atoms with Crippen molar-refractivity contribution in [2.75, 3.05) is 18.8 Å². The predicted molar refractivity (Wildman–Crippen MR) is 118 cm³/mol. The third kappa shape index (κ3) is 7.74. The lowest BCUT2D eigenvalue weighted by Gasteiger charge is -2.12. The zero-order valence-electron chi connectivity index (χ0n) is 16.0. The fraction of sp³-hybridized carbons (Fsp3) is 0.316. The van der Waals surface area contributed by atoms with Crippen molar-refractivity contribution in [3.8, 4) is 0 Å². The Hall–Kier alpha value is -1.89. The maximum Gasteiger partial charge on any atom is 0.416 e. The van der Waals surface area contributed by atoms with Gasteiger partial charge in [0.25, 0.3) is 0 Å². The number of nitrogens with one attached hydrogen (secondary N) is 2. The Labute approximate surface area is 189 Å². The molecule has 0 aromatic heterocycles. The summed E-state index contributed by atoms with van der Waals surface area (Å²) in [4.78, 5) is 3.79. The van der Waals surface area contributed by atoms with Crippen molar-refractivity contribution in [2.24, 2.45) is 4.99 Å². The largest absolute Gasteiger partial charge is 0.416 e. The van der Waals surface area contributed by atoms with Gasteiger partial charge in [-0.2, -0.15) is 13.2 Å². The fourth-order valence-electron chi connectivity index (χ4n) is 2.47. The summed E-state index contributed by atoms with van der Waals surface area (Å²) in [6.45, 7) is 2.18. The van der Waals surface area contributed by atoms with Crippen LogP contribution in [0.2, 0.25) is 0 Å².